The van der Waals surface area contributed by atoms with Gasteiger partial charge in [0.2, 0.25) is 0 Å². The summed E-state index contributed by atoms with van der Waals surface area (Å²) in [6, 6.07) is 8.05. The van der Waals surface area contributed by atoms with Crippen LogP contribution in [-0.2, 0) is 4.74 Å². The molecule has 140 valence electrons. The number of phenols is 1. The molecule has 7 nitrogen and oxygen atoms in total. The van der Waals surface area contributed by atoms with Gasteiger partial charge in [-0.05, 0) is 35.9 Å². The van der Waals surface area contributed by atoms with Crippen LogP contribution in [0.25, 0.3) is 6.08 Å². The Morgan fingerprint density at radius 3 is 2.63 bits per heavy atom. The molecule has 0 bridgehead atoms. The molecule has 1 N–H and O–H groups in total. The zero-order chi connectivity index (χ0) is 19.4. The number of rotatable bonds is 5. The van der Waals surface area contributed by atoms with Gasteiger partial charge in [-0.3, -0.25) is 14.9 Å². The SMILES string of the molecule is O=C(/C=C/c1ccc(N2CCOCC2)c(F)c1)c1ccc(O)c([N+](=O)[O-])c1. The molecule has 1 saturated heterocycles. The van der Waals surface area contributed by atoms with Crippen LogP contribution in [0.15, 0.2) is 42.5 Å². The number of ketones is 1. The molecule has 1 aliphatic heterocycles. The Morgan fingerprint density at radius 1 is 1.22 bits per heavy atom. The van der Waals surface area contributed by atoms with Crippen LogP contribution in [0.4, 0.5) is 15.8 Å². The number of nitro groups is 1. The number of anilines is 1. The molecule has 0 saturated carbocycles. The fraction of sp³-hybridized carbons (Fsp3) is 0.211. The molecule has 0 unspecified atom stereocenters. The lowest BCUT2D eigenvalue weighted by Gasteiger charge is -2.29. The maximum atomic E-state index is 14.4. The summed E-state index contributed by atoms with van der Waals surface area (Å²) in [4.78, 5) is 24.2. The number of nitro benzene ring substituents is 1. The zero-order valence-corrected chi connectivity index (χ0v) is 14.3. The van der Waals surface area contributed by atoms with Crippen molar-refractivity contribution in [3.05, 3.63) is 69.5 Å². The minimum absolute atomic E-state index is 0.0566. The van der Waals surface area contributed by atoms with Crippen LogP contribution in [0, 0.1) is 15.9 Å². The third-order valence-corrected chi connectivity index (χ3v) is 4.21. The molecule has 0 amide bonds. The maximum absolute atomic E-state index is 14.4. The predicted octanol–water partition coefficient (Wildman–Crippen LogP) is 3.17. The highest BCUT2D eigenvalue weighted by molar-refractivity contribution is 6.07. The summed E-state index contributed by atoms with van der Waals surface area (Å²) >= 11 is 0. The first kappa shape index (κ1) is 18.5. The number of benzene rings is 2. The average molecular weight is 372 g/mol. The molecular weight excluding hydrogens is 355 g/mol. The number of allylic oxidation sites excluding steroid dienone is 1. The molecule has 1 aliphatic rings. The van der Waals surface area contributed by atoms with Crippen molar-refractivity contribution in [2.75, 3.05) is 31.2 Å². The van der Waals surface area contributed by atoms with Gasteiger partial charge in [-0.1, -0.05) is 12.1 Å². The van der Waals surface area contributed by atoms with Crippen LogP contribution in [0.2, 0.25) is 0 Å². The average Bonchev–Trinajstić information content (AvgIpc) is 2.67. The van der Waals surface area contributed by atoms with Crippen molar-refractivity contribution in [1.29, 1.82) is 0 Å². The van der Waals surface area contributed by atoms with E-state index in [0.29, 0.717) is 37.6 Å². The van der Waals surface area contributed by atoms with E-state index in [1.807, 2.05) is 4.90 Å². The van der Waals surface area contributed by atoms with Gasteiger partial charge in [0, 0.05) is 24.7 Å². The van der Waals surface area contributed by atoms with E-state index in [4.69, 9.17) is 4.74 Å². The first-order valence-electron chi connectivity index (χ1n) is 8.28. The van der Waals surface area contributed by atoms with E-state index >= 15 is 0 Å². The Balaban J connectivity index is 1.75. The summed E-state index contributed by atoms with van der Waals surface area (Å²) in [7, 11) is 0. The van der Waals surface area contributed by atoms with Crippen molar-refractivity contribution in [1.82, 2.24) is 0 Å². The molecular formula is C19H17FN2O5. The lowest BCUT2D eigenvalue weighted by molar-refractivity contribution is -0.385. The molecule has 2 aromatic carbocycles. The zero-order valence-electron chi connectivity index (χ0n) is 14.3. The summed E-state index contributed by atoms with van der Waals surface area (Å²) in [5.41, 5.74) is 0.485. The number of phenolic OH excluding ortho intramolecular Hbond substituents is 1. The van der Waals surface area contributed by atoms with Crippen LogP contribution in [0.1, 0.15) is 15.9 Å². The van der Waals surface area contributed by atoms with Crippen LogP contribution in [0.3, 0.4) is 0 Å². The second-order valence-electron chi connectivity index (χ2n) is 5.97. The second kappa shape index (κ2) is 7.96. The fourth-order valence-electron chi connectivity index (χ4n) is 2.78. The first-order chi connectivity index (χ1) is 13.0. The lowest BCUT2D eigenvalue weighted by atomic mass is 10.1. The van der Waals surface area contributed by atoms with Crippen molar-refractivity contribution < 1.29 is 24.0 Å². The highest BCUT2D eigenvalue weighted by Crippen LogP contribution is 2.27. The standard InChI is InChI=1S/C19H17FN2O5/c20-15-11-13(1-4-16(15)21-7-9-27-10-8-21)2-5-18(23)14-3-6-19(24)17(12-14)22(25)26/h1-6,11-12,24H,7-10H2/b5-2+. The molecule has 27 heavy (non-hydrogen) atoms. The van der Waals surface area contributed by atoms with Crippen molar-refractivity contribution in [3.8, 4) is 5.75 Å². The first-order valence-corrected chi connectivity index (χ1v) is 8.28. The monoisotopic (exact) mass is 372 g/mol. The van der Waals surface area contributed by atoms with Gasteiger partial charge >= 0.3 is 5.69 Å². The number of carbonyl (C=O) groups excluding carboxylic acids is 1. The predicted molar refractivity (Wildman–Crippen MR) is 97.6 cm³/mol. The molecule has 0 aliphatic carbocycles. The number of morpholine rings is 1. The Kier molecular flexibility index (Phi) is 5.46. The van der Waals surface area contributed by atoms with Crippen molar-refractivity contribution >= 4 is 23.2 Å². The number of hydrogen-bond donors (Lipinski definition) is 1. The molecule has 0 radical (unpaired) electrons. The van der Waals surface area contributed by atoms with E-state index in [9.17, 15) is 24.4 Å². The quantitative estimate of drug-likeness (QED) is 0.375. The van der Waals surface area contributed by atoms with Gasteiger partial charge in [-0.15, -0.1) is 0 Å². The Bertz CT molecular complexity index is 907. The van der Waals surface area contributed by atoms with E-state index in [1.54, 1.807) is 12.1 Å². The van der Waals surface area contributed by atoms with Crippen LogP contribution >= 0.6 is 0 Å². The van der Waals surface area contributed by atoms with Crippen LogP contribution in [-0.4, -0.2) is 42.1 Å². The summed E-state index contributed by atoms with van der Waals surface area (Å²) in [5, 5.41) is 20.3. The normalized spacial score (nSPS) is 14.5. The summed E-state index contributed by atoms with van der Waals surface area (Å²) in [6.45, 7) is 2.33. The van der Waals surface area contributed by atoms with Crippen LogP contribution in [0.5, 0.6) is 5.75 Å². The van der Waals surface area contributed by atoms with Crippen molar-refractivity contribution in [2.24, 2.45) is 0 Å². The number of aromatic hydroxyl groups is 1. The number of ether oxygens (including phenoxy) is 1. The number of hydrogen-bond acceptors (Lipinski definition) is 6. The van der Waals surface area contributed by atoms with Gasteiger partial charge in [-0.2, -0.15) is 0 Å². The summed E-state index contributed by atoms with van der Waals surface area (Å²) in [6.07, 6.45) is 2.65. The third-order valence-electron chi connectivity index (χ3n) is 4.21. The summed E-state index contributed by atoms with van der Waals surface area (Å²) < 4.78 is 19.6. The maximum Gasteiger partial charge on any atom is 0.311 e. The number of halogens is 1. The molecule has 8 heteroatoms. The van der Waals surface area contributed by atoms with E-state index < -0.39 is 28.0 Å². The highest BCUT2D eigenvalue weighted by atomic mass is 19.1. The van der Waals surface area contributed by atoms with E-state index in [1.165, 1.54) is 24.3 Å². The van der Waals surface area contributed by atoms with E-state index in [2.05, 4.69) is 0 Å². The molecule has 3 rings (SSSR count). The van der Waals surface area contributed by atoms with Gasteiger partial charge in [-0.25, -0.2) is 4.39 Å². The molecule has 0 spiro atoms. The van der Waals surface area contributed by atoms with Crippen molar-refractivity contribution in [2.45, 2.75) is 0 Å². The molecule has 0 aromatic heterocycles. The molecule has 0 atom stereocenters. The van der Waals surface area contributed by atoms with Crippen molar-refractivity contribution in [3.63, 3.8) is 0 Å². The number of nitrogens with zero attached hydrogens (tertiary/aromatic N) is 2. The minimum Gasteiger partial charge on any atom is -0.502 e. The van der Waals surface area contributed by atoms with Crippen LogP contribution < -0.4 is 4.90 Å². The van der Waals surface area contributed by atoms with Gasteiger partial charge < -0.3 is 14.7 Å². The Morgan fingerprint density at radius 2 is 1.96 bits per heavy atom. The summed E-state index contributed by atoms with van der Waals surface area (Å²) in [5.74, 6) is -1.40. The molecule has 1 fully saturated rings. The van der Waals surface area contributed by atoms with Gasteiger partial charge in [0.1, 0.15) is 5.82 Å². The second-order valence-corrected chi connectivity index (χ2v) is 5.97. The largest absolute Gasteiger partial charge is 0.502 e. The topological polar surface area (TPSA) is 92.9 Å². The smallest absolute Gasteiger partial charge is 0.311 e. The van der Waals surface area contributed by atoms with Gasteiger partial charge in [0.15, 0.2) is 11.5 Å². The number of carbonyl (C=O) groups is 1. The lowest BCUT2D eigenvalue weighted by Crippen LogP contribution is -2.36. The van der Waals surface area contributed by atoms with E-state index in [0.717, 1.165) is 12.1 Å². The van der Waals surface area contributed by atoms with Gasteiger partial charge in [0.05, 0.1) is 23.8 Å². The Labute approximate surface area is 154 Å². The molecule has 1 heterocycles. The fourth-order valence-corrected chi connectivity index (χ4v) is 2.78. The molecule has 2 aromatic rings. The highest BCUT2D eigenvalue weighted by Gasteiger charge is 2.17. The minimum atomic E-state index is -0.768. The van der Waals surface area contributed by atoms with Gasteiger partial charge in [0.25, 0.3) is 0 Å². The Hall–Kier alpha value is -3.26. The van der Waals surface area contributed by atoms with E-state index in [-0.39, 0.29) is 5.56 Å². The third kappa shape index (κ3) is 4.29.